The fourth-order valence-electron chi connectivity index (χ4n) is 2.55. The Hall–Kier alpha value is -0.0800. The molecule has 0 bridgehead atoms. The van der Waals surface area contributed by atoms with Crippen LogP contribution in [0.1, 0.15) is 65.2 Å². The lowest BCUT2D eigenvalue weighted by Gasteiger charge is -2.24. The van der Waals surface area contributed by atoms with Gasteiger partial charge in [0.25, 0.3) is 0 Å². The van der Waals surface area contributed by atoms with Crippen molar-refractivity contribution in [3.63, 3.8) is 0 Å². The molecule has 0 spiro atoms. The summed E-state index contributed by atoms with van der Waals surface area (Å²) in [6.07, 6.45) is 9.59. The molecular weight excluding hydrogens is 186 g/mol. The van der Waals surface area contributed by atoms with E-state index < -0.39 is 0 Å². The summed E-state index contributed by atoms with van der Waals surface area (Å²) in [4.78, 5) is 0. The summed E-state index contributed by atoms with van der Waals surface area (Å²) in [5, 5.41) is 13.4. The zero-order chi connectivity index (χ0) is 11.1. The smallest absolute Gasteiger partial charge is 0.0693 e. The van der Waals surface area contributed by atoms with Crippen LogP contribution >= 0.6 is 0 Å². The zero-order valence-corrected chi connectivity index (χ0v) is 10.3. The lowest BCUT2D eigenvalue weighted by atomic mass is 10.0. The number of hydrogen-bond donors (Lipinski definition) is 2. The van der Waals surface area contributed by atoms with Crippen molar-refractivity contribution in [3.8, 4) is 0 Å². The van der Waals surface area contributed by atoms with Gasteiger partial charge in [-0.3, -0.25) is 0 Å². The average molecular weight is 213 g/mol. The maximum absolute atomic E-state index is 9.77. The van der Waals surface area contributed by atoms with E-state index in [0.29, 0.717) is 12.1 Å². The third kappa shape index (κ3) is 4.52. The van der Waals surface area contributed by atoms with Crippen molar-refractivity contribution in [2.24, 2.45) is 0 Å². The van der Waals surface area contributed by atoms with Gasteiger partial charge < -0.3 is 10.4 Å². The van der Waals surface area contributed by atoms with Gasteiger partial charge in [-0.25, -0.2) is 0 Å². The minimum Gasteiger partial charge on any atom is -0.392 e. The highest BCUT2D eigenvalue weighted by molar-refractivity contribution is 4.85. The molecule has 1 saturated carbocycles. The molecule has 0 aliphatic heterocycles. The Labute approximate surface area is 94.5 Å². The zero-order valence-electron chi connectivity index (χ0n) is 10.3. The maximum Gasteiger partial charge on any atom is 0.0693 e. The molecule has 0 aromatic rings. The Kier molecular flexibility index (Phi) is 6.26. The molecule has 3 atom stereocenters. The lowest BCUT2D eigenvalue weighted by molar-refractivity contribution is 0.140. The van der Waals surface area contributed by atoms with Crippen LogP contribution in [0.5, 0.6) is 0 Å². The van der Waals surface area contributed by atoms with Gasteiger partial charge in [0, 0.05) is 12.1 Å². The number of nitrogens with one attached hydrogen (secondary N) is 1. The van der Waals surface area contributed by atoms with Crippen LogP contribution in [0.15, 0.2) is 0 Å². The molecule has 2 N–H and O–H groups in total. The molecule has 2 nitrogen and oxygen atoms in total. The van der Waals surface area contributed by atoms with E-state index in [1.54, 1.807) is 0 Å². The summed E-state index contributed by atoms with van der Waals surface area (Å²) in [6, 6.07) is 1.01. The Bertz CT molecular complexity index is 161. The summed E-state index contributed by atoms with van der Waals surface area (Å²) in [5.41, 5.74) is 0. The highest BCUT2D eigenvalue weighted by atomic mass is 16.3. The summed E-state index contributed by atoms with van der Waals surface area (Å²) < 4.78 is 0. The Morgan fingerprint density at radius 2 is 2.00 bits per heavy atom. The number of hydrogen-bond acceptors (Lipinski definition) is 2. The minimum atomic E-state index is -0.0917. The first-order valence-electron chi connectivity index (χ1n) is 6.72. The number of unbranched alkanes of at least 4 members (excludes halogenated alkanes) is 1. The van der Waals surface area contributed by atoms with E-state index in [-0.39, 0.29) is 6.10 Å². The van der Waals surface area contributed by atoms with E-state index in [2.05, 4.69) is 19.2 Å². The highest BCUT2D eigenvalue weighted by Crippen LogP contribution is 2.20. The van der Waals surface area contributed by atoms with Gasteiger partial charge in [-0.2, -0.15) is 0 Å². The van der Waals surface area contributed by atoms with Crippen LogP contribution < -0.4 is 5.32 Å². The van der Waals surface area contributed by atoms with Gasteiger partial charge >= 0.3 is 0 Å². The fraction of sp³-hybridized carbons (Fsp3) is 1.00. The quantitative estimate of drug-likeness (QED) is 0.681. The van der Waals surface area contributed by atoms with Crippen molar-refractivity contribution in [1.82, 2.24) is 5.32 Å². The monoisotopic (exact) mass is 213 g/mol. The maximum atomic E-state index is 9.77. The van der Waals surface area contributed by atoms with Crippen LogP contribution in [0.25, 0.3) is 0 Å². The molecule has 0 aromatic heterocycles. The summed E-state index contributed by atoms with van der Waals surface area (Å²) >= 11 is 0. The van der Waals surface area contributed by atoms with Crippen molar-refractivity contribution in [1.29, 1.82) is 0 Å². The molecule has 0 amide bonds. The highest BCUT2D eigenvalue weighted by Gasteiger charge is 2.26. The van der Waals surface area contributed by atoms with Crippen molar-refractivity contribution >= 4 is 0 Å². The molecule has 0 radical (unpaired) electrons. The number of aliphatic hydroxyl groups excluding tert-OH is 1. The van der Waals surface area contributed by atoms with Gasteiger partial charge in [-0.15, -0.1) is 0 Å². The SMILES string of the molecule is CCCCC(CCC)N[C@@H]1CCC[C@H]1O. The van der Waals surface area contributed by atoms with E-state index >= 15 is 0 Å². The molecule has 0 heterocycles. The van der Waals surface area contributed by atoms with Crippen LogP contribution in [0.2, 0.25) is 0 Å². The van der Waals surface area contributed by atoms with Crippen LogP contribution in [0, 0.1) is 0 Å². The second-order valence-electron chi connectivity index (χ2n) is 4.90. The Morgan fingerprint density at radius 3 is 2.53 bits per heavy atom. The first-order chi connectivity index (χ1) is 7.27. The van der Waals surface area contributed by atoms with Crippen LogP contribution in [0.4, 0.5) is 0 Å². The first-order valence-corrected chi connectivity index (χ1v) is 6.72. The Morgan fingerprint density at radius 1 is 1.20 bits per heavy atom. The molecule has 0 aromatic carbocycles. The van der Waals surface area contributed by atoms with Gasteiger partial charge in [0.05, 0.1) is 6.10 Å². The lowest BCUT2D eigenvalue weighted by Crippen LogP contribution is -2.42. The summed E-state index contributed by atoms with van der Waals surface area (Å²) in [6.45, 7) is 4.49. The van der Waals surface area contributed by atoms with E-state index in [0.717, 1.165) is 12.8 Å². The molecule has 1 aliphatic rings. The van der Waals surface area contributed by atoms with E-state index in [1.165, 1.54) is 38.5 Å². The Balaban J connectivity index is 2.28. The third-order valence-electron chi connectivity index (χ3n) is 3.47. The normalized spacial score (nSPS) is 28.2. The topological polar surface area (TPSA) is 32.3 Å². The predicted octanol–water partition coefficient (Wildman–Crippen LogP) is 2.85. The van der Waals surface area contributed by atoms with Crippen molar-refractivity contribution in [3.05, 3.63) is 0 Å². The molecule has 1 unspecified atom stereocenters. The molecule has 15 heavy (non-hydrogen) atoms. The molecule has 1 rings (SSSR count). The van der Waals surface area contributed by atoms with Gasteiger partial charge in [-0.1, -0.05) is 33.1 Å². The molecule has 1 fully saturated rings. The van der Waals surface area contributed by atoms with Crippen molar-refractivity contribution in [2.45, 2.75) is 83.4 Å². The fourth-order valence-corrected chi connectivity index (χ4v) is 2.55. The number of aliphatic hydroxyl groups is 1. The average Bonchev–Trinajstić information content (AvgIpc) is 2.61. The van der Waals surface area contributed by atoms with Gasteiger partial charge in [0.15, 0.2) is 0 Å². The summed E-state index contributed by atoms with van der Waals surface area (Å²) in [5.74, 6) is 0. The van der Waals surface area contributed by atoms with Crippen LogP contribution in [0.3, 0.4) is 0 Å². The van der Waals surface area contributed by atoms with Gasteiger partial charge in [0.1, 0.15) is 0 Å². The van der Waals surface area contributed by atoms with Crippen LogP contribution in [-0.2, 0) is 0 Å². The van der Waals surface area contributed by atoms with E-state index in [1.807, 2.05) is 0 Å². The van der Waals surface area contributed by atoms with Crippen molar-refractivity contribution in [2.75, 3.05) is 0 Å². The predicted molar refractivity (Wildman–Crippen MR) is 65.0 cm³/mol. The van der Waals surface area contributed by atoms with Crippen molar-refractivity contribution < 1.29 is 5.11 Å². The molecule has 90 valence electrons. The third-order valence-corrected chi connectivity index (χ3v) is 3.47. The second-order valence-corrected chi connectivity index (χ2v) is 4.90. The molecule has 0 saturated heterocycles. The standard InChI is InChI=1S/C13H27NO/c1-3-5-8-11(7-4-2)14-12-9-6-10-13(12)15/h11-15H,3-10H2,1-2H3/t11?,12-,13-/m1/s1. The van der Waals surface area contributed by atoms with Gasteiger partial charge in [0.2, 0.25) is 0 Å². The minimum absolute atomic E-state index is 0.0917. The first kappa shape index (κ1) is 13.0. The van der Waals surface area contributed by atoms with E-state index in [9.17, 15) is 5.11 Å². The van der Waals surface area contributed by atoms with E-state index in [4.69, 9.17) is 0 Å². The largest absolute Gasteiger partial charge is 0.392 e. The summed E-state index contributed by atoms with van der Waals surface area (Å²) in [7, 11) is 0. The molecular formula is C13H27NO. The van der Waals surface area contributed by atoms with Crippen LogP contribution in [-0.4, -0.2) is 23.3 Å². The second kappa shape index (κ2) is 7.24. The number of rotatable bonds is 7. The van der Waals surface area contributed by atoms with Gasteiger partial charge in [-0.05, 0) is 32.1 Å². The molecule has 2 heteroatoms. The molecule has 1 aliphatic carbocycles.